The molecule has 0 unspecified atom stereocenters. The van der Waals surface area contributed by atoms with E-state index in [1.54, 1.807) is 0 Å². The van der Waals surface area contributed by atoms with Crippen LogP contribution in [-0.2, 0) is 76.3 Å². The summed E-state index contributed by atoms with van der Waals surface area (Å²) in [5, 5.41) is 88.4. The summed E-state index contributed by atoms with van der Waals surface area (Å²) in [6, 6.07) is 0. The molecule has 0 bridgehead atoms. The molecule has 5 heterocycles. The van der Waals surface area contributed by atoms with Gasteiger partial charge in [-0.15, -0.1) is 0 Å². The Hall–Kier alpha value is -2.39. The number of cyclic esters (lactones) is 1. The number of aliphatic hydroxyl groups is 8. The molecule has 8 fully saturated rings. The zero-order chi connectivity index (χ0) is 59.3. The number of allylic oxidation sites excluding steroid dienone is 4. The molecule has 9 aliphatic rings. The molecular weight excluding hydrogens is 1090 g/mol. The number of hydrogen-bond acceptors (Lipinski definition) is 24. The number of carbonyl (C=O) groups is 2. The molecule has 5 aliphatic heterocycles. The van der Waals surface area contributed by atoms with Crippen molar-refractivity contribution in [2.24, 2.45) is 39.4 Å². The van der Waals surface area contributed by atoms with E-state index in [1.807, 2.05) is 20.8 Å². The lowest BCUT2D eigenvalue weighted by atomic mass is 9.41. The molecule has 3 saturated carbocycles. The first kappa shape index (κ1) is 63.1. The molecule has 0 aromatic heterocycles. The highest BCUT2D eigenvalue weighted by Gasteiger charge is 2.79. The van der Waals surface area contributed by atoms with Crippen molar-refractivity contribution in [2.75, 3.05) is 26.9 Å². The van der Waals surface area contributed by atoms with Gasteiger partial charge < -0.3 is 93.0 Å². The van der Waals surface area contributed by atoms with E-state index in [0.29, 0.717) is 51.4 Å². The number of carbonyl (C=O) groups excluding carboxylic acids is 2. The maximum absolute atomic E-state index is 14.7. The minimum atomic E-state index is -5.16. The molecule has 0 aromatic carbocycles. The van der Waals surface area contributed by atoms with Crippen LogP contribution < -0.4 is 0 Å². The van der Waals surface area contributed by atoms with Crippen molar-refractivity contribution >= 4 is 22.3 Å². The van der Waals surface area contributed by atoms with Crippen LogP contribution in [0.4, 0.5) is 0 Å². The molecule has 0 amide bonds. The van der Waals surface area contributed by atoms with Crippen LogP contribution in [0.2, 0.25) is 0 Å². The number of ether oxygens (including phenoxy) is 11. The first-order chi connectivity index (χ1) is 37.9. The second-order valence-electron chi connectivity index (χ2n) is 25.6. The molecule has 81 heavy (non-hydrogen) atoms. The molecular formula is C55H86O25S. The van der Waals surface area contributed by atoms with Gasteiger partial charge in [0.25, 0.3) is 0 Å². The van der Waals surface area contributed by atoms with Gasteiger partial charge in [-0.2, -0.15) is 8.42 Å². The normalized spacial score (nSPS) is 49.5. The molecule has 9 N–H and O–H groups in total. The number of aliphatic hydroxyl groups excluding tert-OH is 8. The predicted molar refractivity (Wildman–Crippen MR) is 276 cm³/mol. The van der Waals surface area contributed by atoms with Gasteiger partial charge in [0.2, 0.25) is 0 Å². The molecule has 1 spiro atoms. The van der Waals surface area contributed by atoms with Crippen LogP contribution in [0.5, 0.6) is 0 Å². The summed E-state index contributed by atoms with van der Waals surface area (Å²) < 4.78 is 104. The van der Waals surface area contributed by atoms with Gasteiger partial charge in [0.05, 0.1) is 43.4 Å². The average molecular weight is 1180 g/mol. The monoisotopic (exact) mass is 1180 g/mol. The first-order valence-corrected chi connectivity index (χ1v) is 29.7. The van der Waals surface area contributed by atoms with Gasteiger partial charge in [-0.05, 0) is 102 Å². The Bertz CT molecular complexity index is 2460. The number of methoxy groups -OCH3 is 1. The van der Waals surface area contributed by atoms with Crippen LogP contribution in [0.25, 0.3) is 0 Å². The van der Waals surface area contributed by atoms with Gasteiger partial charge in [0.15, 0.2) is 25.2 Å². The smallest absolute Gasteiger partial charge is 0.397 e. The van der Waals surface area contributed by atoms with E-state index in [-0.39, 0.29) is 29.1 Å². The van der Waals surface area contributed by atoms with E-state index in [0.717, 1.165) is 5.57 Å². The molecule has 0 aromatic rings. The van der Waals surface area contributed by atoms with E-state index < -0.39 is 181 Å². The van der Waals surface area contributed by atoms with Gasteiger partial charge >= 0.3 is 22.3 Å². The fourth-order valence-electron chi connectivity index (χ4n) is 16.3. The van der Waals surface area contributed by atoms with E-state index in [9.17, 15) is 63.4 Å². The topological polar surface area (TPSA) is 361 Å². The van der Waals surface area contributed by atoms with E-state index >= 15 is 0 Å². The molecule has 27 atom stereocenters. The highest BCUT2D eigenvalue weighted by Crippen LogP contribution is 2.77. The summed E-state index contributed by atoms with van der Waals surface area (Å²) in [5.41, 5.74) is -1.02. The second kappa shape index (κ2) is 23.4. The Kier molecular flexibility index (Phi) is 18.2. The molecule has 9 rings (SSSR count). The van der Waals surface area contributed by atoms with Gasteiger partial charge in [-0.25, -0.2) is 4.18 Å². The van der Waals surface area contributed by atoms with E-state index in [2.05, 4.69) is 39.8 Å². The van der Waals surface area contributed by atoms with Crippen LogP contribution in [0.1, 0.15) is 114 Å². The lowest BCUT2D eigenvalue weighted by molar-refractivity contribution is -0.382. The van der Waals surface area contributed by atoms with Gasteiger partial charge in [-0.3, -0.25) is 14.1 Å². The first-order valence-electron chi connectivity index (χ1n) is 28.3. The minimum Gasteiger partial charge on any atom is -0.462 e. The Morgan fingerprint density at radius 2 is 1.42 bits per heavy atom. The Morgan fingerprint density at radius 1 is 0.765 bits per heavy atom. The van der Waals surface area contributed by atoms with Crippen molar-refractivity contribution in [3.8, 4) is 0 Å². The maximum atomic E-state index is 14.7. The third-order valence-corrected chi connectivity index (χ3v) is 20.6. The van der Waals surface area contributed by atoms with Gasteiger partial charge in [-0.1, -0.05) is 51.0 Å². The molecule has 26 heteroatoms. The van der Waals surface area contributed by atoms with E-state index in [4.69, 9.17) is 56.3 Å². The van der Waals surface area contributed by atoms with Crippen LogP contribution in [0, 0.1) is 39.4 Å². The Balaban J connectivity index is 0.908. The average Bonchev–Trinajstić information content (AvgIpc) is 1.74. The summed E-state index contributed by atoms with van der Waals surface area (Å²) in [4.78, 5) is 27.4. The highest BCUT2D eigenvalue weighted by molar-refractivity contribution is 7.80. The SMILES string of the molecule is CO[C@@H]1[C@@H](O)[C@H](O[C@@H]2[C@@H](O)[C@H](O[C@H]3[C@H](O)[C@@H](O)[C@H](O[C@H]4[C@H](O[C@H]5CC[C@]6(C)[C@@H]7CC[C@]89C(=O)O[C@@](C)(CCC=C(C)C)[C@H]8[C@@H](OC(C)=O)C[C@@]9(C)C7=CC[C@H]6C5(C)C)OC[C@@H](OS(=O)(=O)O)[C@@H]4O)O[C@@H]3C)OC[C@H]2O)O[C@H](CO)[C@H]1O. The van der Waals surface area contributed by atoms with E-state index in [1.165, 1.54) is 26.5 Å². The Labute approximate surface area is 472 Å². The van der Waals surface area contributed by atoms with Crippen LogP contribution in [0.3, 0.4) is 0 Å². The lowest BCUT2D eigenvalue weighted by Crippen LogP contribution is -2.65. The van der Waals surface area contributed by atoms with Crippen molar-refractivity contribution in [3.63, 3.8) is 0 Å². The summed E-state index contributed by atoms with van der Waals surface area (Å²) >= 11 is 0. The van der Waals surface area contributed by atoms with Crippen molar-refractivity contribution in [2.45, 2.75) is 242 Å². The van der Waals surface area contributed by atoms with Crippen molar-refractivity contribution < 1.29 is 120 Å². The molecule has 5 saturated heterocycles. The lowest BCUT2D eigenvalue weighted by Gasteiger charge is -2.64. The summed E-state index contributed by atoms with van der Waals surface area (Å²) in [6.45, 7) is 15.8. The second-order valence-corrected chi connectivity index (χ2v) is 26.6. The number of rotatable bonds is 16. The van der Waals surface area contributed by atoms with Crippen molar-refractivity contribution in [1.82, 2.24) is 0 Å². The number of fused-ring (bicyclic) bond motifs is 4. The number of esters is 2. The highest BCUT2D eigenvalue weighted by atomic mass is 32.3. The van der Waals surface area contributed by atoms with Crippen molar-refractivity contribution in [3.05, 3.63) is 23.3 Å². The van der Waals surface area contributed by atoms with Crippen LogP contribution in [0.15, 0.2) is 23.3 Å². The fourth-order valence-corrected chi connectivity index (χ4v) is 16.8. The Morgan fingerprint density at radius 3 is 2.07 bits per heavy atom. The van der Waals surface area contributed by atoms with Crippen molar-refractivity contribution in [1.29, 1.82) is 0 Å². The maximum Gasteiger partial charge on any atom is 0.397 e. The molecule has 462 valence electrons. The fraction of sp³-hybridized carbons (Fsp3) is 0.891. The zero-order valence-electron chi connectivity index (χ0n) is 47.7. The standard InChI is InChI=1S/C55H86O25S/c1-24(2)12-11-17-54(9)45-30(73-26(4)57)20-53(8)28-13-14-33-51(5,6)34(16-18-52(33,7)27(28)15-19-55(45,53)50(65)79-54)75-49-44(36(60)32(23-71-49)80-81(66,67)68)78-47-38(62)37(61)41(25(3)72-47)76-46-39(63)42(29(58)22-70-46)77-48-40(64)43(69-10)35(59)31(21-56)74-48/h12-13,25,27,29-49,56,58-64H,11,14-23H2,1-10H3,(H,66,67,68)/t25-,27-,29-,30+,31-,32-,33+,34+,35-,36+,37-,38-,39-,40-,41-,42+,43+,44-,45-,46+,47+,48+,49+,52-,53+,54+,55-/m1/s1. The summed E-state index contributed by atoms with van der Waals surface area (Å²) in [7, 11) is -3.95. The zero-order valence-corrected chi connectivity index (χ0v) is 48.5. The van der Waals surface area contributed by atoms with Crippen LogP contribution in [-0.4, -0.2) is 221 Å². The molecule has 4 aliphatic carbocycles. The minimum absolute atomic E-state index is 0.0129. The number of hydrogen-bond donors (Lipinski definition) is 9. The summed E-state index contributed by atoms with van der Waals surface area (Å²) in [6.07, 6.45) is -20.9. The quantitative estimate of drug-likeness (QED) is 0.0581. The van der Waals surface area contributed by atoms with Gasteiger partial charge in [0.1, 0.15) is 91.1 Å². The third-order valence-electron chi connectivity index (χ3n) is 20.2. The summed E-state index contributed by atoms with van der Waals surface area (Å²) in [5.74, 6) is -0.962. The largest absolute Gasteiger partial charge is 0.462 e. The molecule has 0 radical (unpaired) electrons. The molecule has 25 nitrogen and oxygen atoms in total. The van der Waals surface area contributed by atoms with Crippen LogP contribution >= 0.6 is 0 Å². The predicted octanol–water partition coefficient (Wildman–Crippen LogP) is 0.620. The van der Waals surface area contributed by atoms with Gasteiger partial charge in [0, 0.05) is 19.4 Å². The third kappa shape index (κ3) is 11.1.